The fourth-order valence-electron chi connectivity index (χ4n) is 4.30. The molecule has 1 N–H and O–H groups in total. The predicted molar refractivity (Wildman–Crippen MR) is 121 cm³/mol. The Bertz CT molecular complexity index is 929. The van der Waals surface area contributed by atoms with Gasteiger partial charge in [-0.2, -0.15) is 0 Å². The second-order valence-electron chi connectivity index (χ2n) is 9.08. The normalized spacial score (nSPS) is 16.5. The lowest BCUT2D eigenvalue weighted by molar-refractivity contribution is 0.0942. The summed E-state index contributed by atoms with van der Waals surface area (Å²) in [6.45, 7) is 6.98. The topological polar surface area (TPSA) is 29.1 Å². The van der Waals surface area contributed by atoms with Crippen molar-refractivity contribution in [2.24, 2.45) is 11.3 Å². The number of rotatable bonds is 4. The summed E-state index contributed by atoms with van der Waals surface area (Å²) < 4.78 is 0. The number of hydrogen-bond acceptors (Lipinski definition) is 2. The minimum absolute atomic E-state index is 0.0365. The molecule has 29 heavy (non-hydrogen) atoms. The molecular formula is C26H29NOS. The lowest BCUT2D eigenvalue weighted by Gasteiger charge is -2.34. The minimum Gasteiger partial charge on any atom is -0.341 e. The molecule has 1 amide bonds. The molecule has 3 heteroatoms. The zero-order valence-electron chi connectivity index (χ0n) is 17.4. The summed E-state index contributed by atoms with van der Waals surface area (Å²) >= 11 is 1.76. The van der Waals surface area contributed by atoms with E-state index in [1.54, 1.807) is 11.3 Å². The van der Waals surface area contributed by atoms with Crippen molar-refractivity contribution in [3.8, 4) is 0 Å². The Hall–Kier alpha value is -2.39. The van der Waals surface area contributed by atoms with Crippen molar-refractivity contribution in [1.29, 1.82) is 0 Å². The molecule has 2 nitrogen and oxygen atoms in total. The Morgan fingerprint density at radius 1 is 1.00 bits per heavy atom. The highest BCUT2D eigenvalue weighted by molar-refractivity contribution is 7.10. The number of carbonyl (C=O) groups is 1. The Balaban J connectivity index is 1.59. The van der Waals surface area contributed by atoms with Gasteiger partial charge in [-0.25, -0.2) is 0 Å². The van der Waals surface area contributed by atoms with E-state index >= 15 is 0 Å². The number of benzene rings is 2. The van der Waals surface area contributed by atoms with Crippen LogP contribution in [0.4, 0.5) is 0 Å². The average molecular weight is 404 g/mol. The van der Waals surface area contributed by atoms with Crippen molar-refractivity contribution >= 4 is 17.2 Å². The molecule has 1 aliphatic rings. The Kier molecular flexibility index (Phi) is 5.60. The molecule has 0 radical (unpaired) electrons. The third-order valence-corrected chi connectivity index (χ3v) is 7.22. The SMILES string of the molecule is CC(C)(C)C1CCc2c(C(=O)NC(c3ccccc3)c3ccccc3)csc2C1. The van der Waals surface area contributed by atoms with Gasteiger partial charge in [0, 0.05) is 10.3 Å². The van der Waals surface area contributed by atoms with Crippen LogP contribution in [0, 0.1) is 11.3 Å². The molecule has 3 aromatic rings. The van der Waals surface area contributed by atoms with Crippen LogP contribution in [0.2, 0.25) is 0 Å². The largest absolute Gasteiger partial charge is 0.341 e. The molecule has 0 saturated carbocycles. The molecule has 1 unspecified atom stereocenters. The maximum absolute atomic E-state index is 13.3. The number of thiophene rings is 1. The first-order chi connectivity index (χ1) is 13.9. The van der Waals surface area contributed by atoms with E-state index in [2.05, 4.69) is 55.7 Å². The molecule has 1 aliphatic carbocycles. The fourth-order valence-corrected chi connectivity index (χ4v) is 5.46. The fraction of sp³-hybridized carbons (Fsp3) is 0.346. The highest BCUT2D eigenvalue weighted by Crippen LogP contribution is 2.40. The molecule has 1 atom stereocenters. The van der Waals surface area contributed by atoms with Crippen LogP contribution < -0.4 is 5.32 Å². The van der Waals surface area contributed by atoms with E-state index in [0.29, 0.717) is 11.3 Å². The molecule has 150 valence electrons. The van der Waals surface area contributed by atoms with Crippen LogP contribution in [-0.4, -0.2) is 5.91 Å². The molecule has 2 aromatic carbocycles. The van der Waals surface area contributed by atoms with Gasteiger partial charge in [0.1, 0.15) is 0 Å². The lowest BCUT2D eigenvalue weighted by Crippen LogP contribution is -2.31. The molecule has 1 heterocycles. The van der Waals surface area contributed by atoms with Gasteiger partial charge in [0.2, 0.25) is 0 Å². The van der Waals surface area contributed by atoms with E-state index in [9.17, 15) is 4.79 Å². The quantitative estimate of drug-likeness (QED) is 0.535. The average Bonchev–Trinajstić information content (AvgIpc) is 3.16. The van der Waals surface area contributed by atoms with Crippen LogP contribution in [-0.2, 0) is 12.8 Å². The first-order valence-electron chi connectivity index (χ1n) is 10.4. The molecule has 0 aliphatic heterocycles. The van der Waals surface area contributed by atoms with Crippen molar-refractivity contribution in [2.75, 3.05) is 0 Å². The van der Waals surface area contributed by atoms with Crippen molar-refractivity contribution < 1.29 is 4.79 Å². The van der Waals surface area contributed by atoms with Crippen LogP contribution in [0.25, 0.3) is 0 Å². The number of hydrogen-bond donors (Lipinski definition) is 1. The van der Waals surface area contributed by atoms with E-state index in [1.807, 2.05) is 36.4 Å². The highest BCUT2D eigenvalue weighted by atomic mass is 32.1. The Morgan fingerprint density at radius 2 is 1.59 bits per heavy atom. The van der Waals surface area contributed by atoms with Crippen molar-refractivity contribution in [2.45, 2.75) is 46.1 Å². The number of amides is 1. The second kappa shape index (κ2) is 8.16. The van der Waals surface area contributed by atoms with Gasteiger partial charge in [0.05, 0.1) is 11.6 Å². The number of fused-ring (bicyclic) bond motifs is 1. The molecule has 1 aromatic heterocycles. The smallest absolute Gasteiger partial charge is 0.253 e. The number of carbonyl (C=O) groups excluding carboxylic acids is 1. The summed E-state index contributed by atoms with van der Waals surface area (Å²) in [5.41, 5.74) is 4.66. The molecule has 0 spiro atoms. The van der Waals surface area contributed by atoms with Gasteiger partial charge < -0.3 is 5.32 Å². The third-order valence-electron chi connectivity index (χ3n) is 6.17. The van der Waals surface area contributed by atoms with Gasteiger partial charge in [-0.3, -0.25) is 4.79 Å². The summed E-state index contributed by atoms with van der Waals surface area (Å²) in [5.74, 6) is 0.723. The maximum Gasteiger partial charge on any atom is 0.253 e. The first kappa shape index (κ1) is 19.9. The van der Waals surface area contributed by atoms with Crippen molar-refractivity contribution in [1.82, 2.24) is 5.32 Å². The van der Waals surface area contributed by atoms with Gasteiger partial charge >= 0.3 is 0 Å². The minimum atomic E-state index is -0.147. The van der Waals surface area contributed by atoms with Gasteiger partial charge in [0.15, 0.2) is 0 Å². The van der Waals surface area contributed by atoms with Crippen LogP contribution in [0.3, 0.4) is 0 Å². The Labute approximate surface area is 178 Å². The zero-order valence-corrected chi connectivity index (χ0v) is 18.3. The van der Waals surface area contributed by atoms with E-state index in [-0.39, 0.29) is 11.9 Å². The summed E-state index contributed by atoms with van der Waals surface area (Å²) in [5, 5.41) is 5.38. The van der Waals surface area contributed by atoms with Crippen molar-refractivity contribution in [3.63, 3.8) is 0 Å². The van der Waals surface area contributed by atoms with Crippen LogP contribution in [0.1, 0.15) is 65.2 Å². The van der Waals surface area contributed by atoms with Crippen LogP contribution in [0.15, 0.2) is 66.0 Å². The molecular weight excluding hydrogens is 374 g/mol. The standard InChI is InChI=1S/C26H29NOS/c1-26(2,3)20-14-15-21-22(17-29-23(21)16-20)25(28)27-24(18-10-6-4-7-11-18)19-12-8-5-9-13-19/h4-13,17,20,24H,14-16H2,1-3H3,(H,27,28). The molecule has 0 fully saturated rings. The van der Waals surface area contributed by atoms with Gasteiger partial charge in [-0.15, -0.1) is 11.3 Å². The third kappa shape index (κ3) is 4.30. The van der Waals surface area contributed by atoms with Gasteiger partial charge in [-0.1, -0.05) is 81.4 Å². The summed E-state index contributed by atoms with van der Waals surface area (Å²) in [7, 11) is 0. The second-order valence-corrected chi connectivity index (χ2v) is 10.0. The van der Waals surface area contributed by atoms with E-state index in [4.69, 9.17) is 0 Å². The molecule has 0 bridgehead atoms. The highest BCUT2D eigenvalue weighted by Gasteiger charge is 2.32. The molecule has 0 saturated heterocycles. The summed E-state index contributed by atoms with van der Waals surface area (Å²) in [4.78, 5) is 14.7. The zero-order chi connectivity index (χ0) is 20.4. The van der Waals surface area contributed by atoms with Crippen molar-refractivity contribution in [3.05, 3.63) is 93.2 Å². The number of nitrogens with one attached hydrogen (secondary N) is 1. The van der Waals surface area contributed by atoms with Crippen LogP contribution >= 0.6 is 11.3 Å². The summed E-state index contributed by atoms with van der Waals surface area (Å²) in [6.07, 6.45) is 3.26. The summed E-state index contributed by atoms with van der Waals surface area (Å²) in [6, 6.07) is 20.3. The first-order valence-corrected chi connectivity index (χ1v) is 11.3. The van der Waals surface area contributed by atoms with Gasteiger partial charge in [0.25, 0.3) is 5.91 Å². The predicted octanol–water partition coefficient (Wildman–Crippen LogP) is 6.42. The van der Waals surface area contributed by atoms with E-state index in [1.165, 1.54) is 10.4 Å². The van der Waals surface area contributed by atoms with E-state index < -0.39 is 0 Å². The van der Waals surface area contributed by atoms with Crippen LogP contribution in [0.5, 0.6) is 0 Å². The monoisotopic (exact) mass is 403 g/mol. The lowest BCUT2D eigenvalue weighted by atomic mass is 9.72. The molecule has 4 rings (SSSR count). The maximum atomic E-state index is 13.3. The van der Waals surface area contributed by atoms with E-state index in [0.717, 1.165) is 36.0 Å². The Morgan fingerprint density at radius 3 is 2.14 bits per heavy atom. The van der Waals surface area contributed by atoms with Gasteiger partial charge in [-0.05, 0) is 47.3 Å².